The summed E-state index contributed by atoms with van der Waals surface area (Å²) in [4.78, 5) is 1.09. The molecule has 1 aromatic carbocycles. The van der Waals surface area contributed by atoms with Gasteiger partial charge in [-0.25, -0.2) is 8.42 Å². The molecule has 76 valence electrons. The van der Waals surface area contributed by atoms with Gasteiger partial charge in [0.05, 0.1) is 5.75 Å². The summed E-state index contributed by atoms with van der Waals surface area (Å²) in [6.07, 6.45) is 0. The molecule has 0 bridgehead atoms. The van der Waals surface area contributed by atoms with Gasteiger partial charge in [0, 0.05) is 16.1 Å². The van der Waals surface area contributed by atoms with E-state index in [2.05, 4.69) is 6.58 Å². The number of benzene rings is 1. The molecule has 0 spiro atoms. The van der Waals surface area contributed by atoms with E-state index in [1.807, 2.05) is 30.3 Å². The van der Waals surface area contributed by atoms with Crippen LogP contribution in [-0.2, 0) is 9.84 Å². The lowest BCUT2D eigenvalue weighted by Crippen LogP contribution is -2.03. The summed E-state index contributed by atoms with van der Waals surface area (Å²) in [5, 5.41) is 1.01. The van der Waals surface area contributed by atoms with E-state index in [-0.39, 0.29) is 5.75 Å². The van der Waals surface area contributed by atoms with Crippen LogP contribution < -0.4 is 0 Å². The molecule has 1 rings (SSSR count). The molecule has 0 fully saturated rings. The van der Waals surface area contributed by atoms with E-state index in [4.69, 9.17) is 0 Å². The van der Waals surface area contributed by atoms with E-state index in [9.17, 15) is 8.42 Å². The first-order valence-electron chi connectivity index (χ1n) is 4.17. The Bertz CT molecular complexity index is 382. The van der Waals surface area contributed by atoms with Crippen molar-refractivity contribution >= 4 is 21.6 Å². The van der Waals surface area contributed by atoms with Gasteiger partial charge >= 0.3 is 0 Å². The number of hydrogen-bond donors (Lipinski definition) is 0. The monoisotopic (exact) mass is 228 g/mol. The number of sulfone groups is 1. The summed E-state index contributed by atoms with van der Waals surface area (Å²) in [7, 11) is -3.05. The van der Waals surface area contributed by atoms with Crippen LogP contribution in [0.5, 0.6) is 0 Å². The normalized spacial score (nSPS) is 11.1. The fourth-order valence-electron chi connectivity index (χ4n) is 0.876. The lowest BCUT2D eigenvalue weighted by atomic mass is 10.4. The maximum absolute atomic E-state index is 11.1. The van der Waals surface area contributed by atoms with E-state index in [1.54, 1.807) is 0 Å². The van der Waals surface area contributed by atoms with Crippen molar-refractivity contribution in [3.05, 3.63) is 42.3 Å². The maximum Gasteiger partial charge on any atom is 0.171 e. The molecule has 0 aliphatic rings. The van der Waals surface area contributed by atoms with Gasteiger partial charge in [-0.2, -0.15) is 0 Å². The average Bonchev–Trinajstić information content (AvgIpc) is 2.19. The van der Waals surface area contributed by atoms with Crippen LogP contribution in [0.15, 0.2) is 47.2 Å². The Kier molecular flexibility index (Phi) is 4.22. The first kappa shape index (κ1) is 11.3. The van der Waals surface area contributed by atoms with Gasteiger partial charge in [-0.1, -0.05) is 24.8 Å². The fraction of sp³-hybridized carbons (Fsp3) is 0.200. The molecule has 0 atom stereocenters. The van der Waals surface area contributed by atoms with Gasteiger partial charge in [0.1, 0.15) is 0 Å². The van der Waals surface area contributed by atoms with Crippen molar-refractivity contribution in [1.82, 2.24) is 0 Å². The van der Waals surface area contributed by atoms with E-state index in [0.29, 0.717) is 5.75 Å². The van der Waals surface area contributed by atoms with E-state index in [1.165, 1.54) is 11.8 Å². The van der Waals surface area contributed by atoms with Gasteiger partial charge in [0.15, 0.2) is 9.84 Å². The van der Waals surface area contributed by atoms with Crippen molar-refractivity contribution in [1.29, 1.82) is 0 Å². The van der Waals surface area contributed by atoms with E-state index >= 15 is 0 Å². The molecule has 0 heterocycles. The van der Waals surface area contributed by atoms with Crippen molar-refractivity contribution in [2.45, 2.75) is 4.90 Å². The molecule has 0 aromatic heterocycles. The molecule has 4 heteroatoms. The molecule has 0 saturated carbocycles. The van der Waals surface area contributed by atoms with Crippen molar-refractivity contribution in [2.75, 3.05) is 11.5 Å². The standard InChI is InChI=1S/C10H12O2S2/c1-2-14(11,12)9-8-13-10-6-4-3-5-7-10/h2-7H,1,8-9H2. The SMILES string of the molecule is C=CS(=O)(=O)CCSc1ccccc1. The minimum Gasteiger partial charge on any atom is -0.224 e. The van der Waals surface area contributed by atoms with Crippen LogP contribution in [0.4, 0.5) is 0 Å². The second-order valence-electron chi connectivity index (χ2n) is 2.70. The quantitative estimate of drug-likeness (QED) is 0.725. The highest BCUT2D eigenvalue weighted by Gasteiger charge is 2.04. The molecule has 0 aliphatic heterocycles. The topological polar surface area (TPSA) is 34.1 Å². The van der Waals surface area contributed by atoms with Crippen LogP contribution in [0, 0.1) is 0 Å². The molecular weight excluding hydrogens is 216 g/mol. The van der Waals surface area contributed by atoms with Crippen LogP contribution in [0.1, 0.15) is 0 Å². The van der Waals surface area contributed by atoms with Gasteiger partial charge in [-0.3, -0.25) is 0 Å². The zero-order chi connectivity index (χ0) is 10.4. The lowest BCUT2D eigenvalue weighted by Gasteiger charge is -1.99. The maximum atomic E-state index is 11.1. The summed E-state index contributed by atoms with van der Waals surface area (Å²) >= 11 is 1.54. The second-order valence-corrected chi connectivity index (χ2v) is 5.93. The van der Waals surface area contributed by atoms with Gasteiger partial charge < -0.3 is 0 Å². The summed E-state index contributed by atoms with van der Waals surface area (Å²) in [6, 6.07) is 9.73. The minimum atomic E-state index is -3.05. The smallest absolute Gasteiger partial charge is 0.171 e. The molecule has 0 amide bonds. The number of rotatable bonds is 5. The Morgan fingerprint density at radius 3 is 2.50 bits per heavy atom. The van der Waals surface area contributed by atoms with Crippen molar-refractivity contribution in [3.63, 3.8) is 0 Å². The third-order valence-electron chi connectivity index (χ3n) is 1.63. The molecule has 0 unspecified atom stereocenters. The summed E-state index contributed by atoms with van der Waals surface area (Å²) in [6.45, 7) is 3.26. The second kappa shape index (κ2) is 5.22. The van der Waals surface area contributed by atoms with E-state index in [0.717, 1.165) is 10.3 Å². The highest BCUT2D eigenvalue weighted by Crippen LogP contribution is 2.17. The largest absolute Gasteiger partial charge is 0.224 e. The summed E-state index contributed by atoms with van der Waals surface area (Å²) < 4.78 is 22.1. The first-order valence-corrected chi connectivity index (χ1v) is 6.87. The third kappa shape index (κ3) is 3.98. The Hall–Kier alpha value is -0.740. The molecule has 0 saturated heterocycles. The highest BCUT2D eigenvalue weighted by molar-refractivity contribution is 8.01. The Labute approximate surface area is 89.0 Å². The van der Waals surface area contributed by atoms with Gasteiger partial charge in [0.2, 0.25) is 0 Å². The lowest BCUT2D eigenvalue weighted by molar-refractivity contribution is 0.606. The van der Waals surface area contributed by atoms with Crippen LogP contribution in [0.25, 0.3) is 0 Å². The van der Waals surface area contributed by atoms with Gasteiger partial charge in [-0.05, 0) is 12.1 Å². The highest BCUT2D eigenvalue weighted by atomic mass is 32.2. The Morgan fingerprint density at radius 1 is 1.29 bits per heavy atom. The fourth-order valence-corrected chi connectivity index (χ4v) is 2.89. The van der Waals surface area contributed by atoms with Crippen LogP contribution in [0.3, 0.4) is 0 Å². The molecule has 2 nitrogen and oxygen atoms in total. The molecule has 14 heavy (non-hydrogen) atoms. The Balaban J connectivity index is 2.40. The summed E-state index contributed by atoms with van der Waals surface area (Å²) in [5.41, 5.74) is 0. The molecule has 0 radical (unpaired) electrons. The minimum absolute atomic E-state index is 0.149. The van der Waals surface area contributed by atoms with Gasteiger partial charge in [0.25, 0.3) is 0 Å². The zero-order valence-corrected chi connectivity index (χ0v) is 9.35. The van der Waals surface area contributed by atoms with Gasteiger partial charge in [-0.15, -0.1) is 11.8 Å². The zero-order valence-electron chi connectivity index (χ0n) is 7.72. The number of thioether (sulfide) groups is 1. The van der Waals surface area contributed by atoms with Crippen LogP contribution >= 0.6 is 11.8 Å². The third-order valence-corrected chi connectivity index (χ3v) is 4.19. The van der Waals surface area contributed by atoms with E-state index < -0.39 is 9.84 Å². The average molecular weight is 228 g/mol. The van der Waals surface area contributed by atoms with Crippen LogP contribution in [0.2, 0.25) is 0 Å². The molecule has 0 N–H and O–H groups in total. The molecule has 0 aliphatic carbocycles. The first-order chi connectivity index (χ1) is 6.64. The summed E-state index contributed by atoms with van der Waals surface area (Å²) in [5.74, 6) is 0.717. The van der Waals surface area contributed by atoms with Crippen LogP contribution in [-0.4, -0.2) is 19.9 Å². The van der Waals surface area contributed by atoms with Crippen molar-refractivity contribution < 1.29 is 8.42 Å². The molecule has 1 aromatic rings. The predicted octanol–water partition coefficient (Wildman–Crippen LogP) is 2.34. The Morgan fingerprint density at radius 2 is 1.93 bits per heavy atom. The number of hydrogen-bond acceptors (Lipinski definition) is 3. The molecular formula is C10H12O2S2. The van der Waals surface area contributed by atoms with Crippen molar-refractivity contribution in [2.24, 2.45) is 0 Å². The van der Waals surface area contributed by atoms with Crippen molar-refractivity contribution in [3.8, 4) is 0 Å². The predicted molar refractivity (Wildman–Crippen MR) is 61.1 cm³/mol.